The van der Waals surface area contributed by atoms with Gasteiger partial charge >= 0.3 is 0 Å². The third kappa shape index (κ3) is 5.93. The Kier molecular flexibility index (Phi) is 7.81. The van der Waals surface area contributed by atoms with E-state index in [1.165, 1.54) is 6.07 Å². The molecule has 0 bridgehead atoms. The van der Waals surface area contributed by atoms with Gasteiger partial charge in [0.1, 0.15) is 5.82 Å². The number of benzene rings is 1. The van der Waals surface area contributed by atoms with Crippen molar-refractivity contribution < 1.29 is 14.2 Å². The highest BCUT2D eigenvalue weighted by Crippen LogP contribution is 2.15. The molecule has 146 valence electrons. The second-order valence-electron chi connectivity index (χ2n) is 7.04. The second kappa shape index (κ2) is 9.85. The quantitative estimate of drug-likeness (QED) is 0.504. The molecule has 0 aliphatic carbocycles. The fraction of sp³-hybridized carbons (Fsp3) is 0.632. The maximum atomic E-state index is 13.5. The van der Waals surface area contributed by atoms with Gasteiger partial charge in [-0.25, -0.2) is 9.38 Å². The Balaban J connectivity index is 1.97. The maximum absolute atomic E-state index is 13.5. The van der Waals surface area contributed by atoms with E-state index in [1.54, 1.807) is 12.1 Å². The van der Waals surface area contributed by atoms with Gasteiger partial charge in [-0.3, -0.25) is 4.90 Å². The normalized spacial score (nSPS) is 16.6. The summed E-state index contributed by atoms with van der Waals surface area (Å²) in [5.41, 5.74) is 1.14. The Hall–Kier alpha value is -1.70. The second-order valence-corrected chi connectivity index (χ2v) is 7.04. The van der Waals surface area contributed by atoms with Crippen LogP contribution in [0.5, 0.6) is 0 Å². The highest BCUT2D eigenvalue weighted by molar-refractivity contribution is 5.79. The van der Waals surface area contributed by atoms with E-state index in [0.29, 0.717) is 12.1 Å². The van der Waals surface area contributed by atoms with Crippen LogP contribution in [0.2, 0.25) is 0 Å². The van der Waals surface area contributed by atoms with Crippen molar-refractivity contribution in [1.82, 2.24) is 15.5 Å². The summed E-state index contributed by atoms with van der Waals surface area (Å²) < 4.78 is 18.9. The molecule has 0 radical (unpaired) electrons. The Morgan fingerprint density at radius 3 is 2.69 bits per heavy atom. The van der Waals surface area contributed by atoms with Gasteiger partial charge in [-0.2, -0.15) is 0 Å². The summed E-state index contributed by atoms with van der Waals surface area (Å²) in [6.07, 6.45) is 0. The molecular weight excluding hydrogens is 335 g/mol. The molecule has 1 fully saturated rings. The van der Waals surface area contributed by atoms with E-state index in [2.05, 4.69) is 34.4 Å². The highest BCUT2D eigenvalue weighted by atomic mass is 19.1. The van der Waals surface area contributed by atoms with Gasteiger partial charge in [-0.1, -0.05) is 6.07 Å². The summed E-state index contributed by atoms with van der Waals surface area (Å²) in [4.78, 5) is 7.00. The van der Waals surface area contributed by atoms with Gasteiger partial charge in [0.25, 0.3) is 0 Å². The fourth-order valence-corrected chi connectivity index (χ4v) is 2.94. The van der Waals surface area contributed by atoms with Gasteiger partial charge in [0, 0.05) is 37.3 Å². The SMILES string of the molecule is CCNC(=NCc1ccc(F)c(CO)c1)NCC(C)(C)N1CCOCC1. The minimum absolute atomic E-state index is 0.0140. The molecular formula is C19H31FN4O2. The monoisotopic (exact) mass is 366 g/mol. The number of morpholine rings is 1. The van der Waals surface area contributed by atoms with Crippen LogP contribution in [0.25, 0.3) is 0 Å². The minimum atomic E-state index is -0.391. The summed E-state index contributed by atoms with van der Waals surface area (Å²) in [5, 5.41) is 15.8. The molecule has 2 rings (SSSR count). The maximum Gasteiger partial charge on any atom is 0.191 e. The summed E-state index contributed by atoms with van der Waals surface area (Å²) >= 11 is 0. The zero-order valence-corrected chi connectivity index (χ0v) is 16.0. The molecule has 26 heavy (non-hydrogen) atoms. The lowest BCUT2D eigenvalue weighted by molar-refractivity contribution is -0.00834. The first-order valence-electron chi connectivity index (χ1n) is 9.19. The molecule has 1 aromatic rings. The van der Waals surface area contributed by atoms with Crippen LogP contribution in [-0.4, -0.2) is 60.9 Å². The van der Waals surface area contributed by atoms with Crippen molar-refractivity contribution in [2.75, 3.05) is 39.4 Å². The van der Waals surface area contributed by atoms with E-state index in [0.717, 1.165) is 50.9 Å². The predicted molar refractivity (Wildman–Crippen MR) is 102 cm³/mol. The Bertz CT molecular complexity index is 601. The Morgan fingerprint density at radius 1 is 1.31 bits per heavy atom. The van der Waals surface area contributed by atoms with E-state index in [4.69, 9.17) is 4.74 Å². The first-order chi connectivity index (χ1) is 12.5. The molecule has 0 saturated carbocycles. The molecule has 7 heteroatoms. The lowest BCUT2D eigenvalue weighted by Crippen LogP contribution is -2.56. The molecule has 3 N–H and O–H groups in total. The van der Waals surface area contributed by atoms with Gasteiger partial charge in [-0.05, 0) is 38.5 Å². The van der Waals surface area contributed by atoms with Crippen molar-refractivity contribution in [2.24, 2.45) is 4.99 Å². The van der Waals surface area contributed by atoms with Crippen molar-refractivity contribution >= 4 is 5.96 Å². The largest absolute Gasteiger partial charge is 0.392 e. The van der Waals surface area contributed by atoms with Gasteiger partial charge < -0.3 is 20.5 Å². The predicted octanol–water partition coefficient (Wildman–Crippen LogP) is 1.48. The number of hydrogen-bond acceptors (Lipinski definition) is 4. The average molecular weight is 366 g/mol. The molecule has 1 saturated heterocycles. The van der Waals surface area contributed by atoms with Crippen LogP contribution in [0.1, 0.15) is 31.9 Å². The van der Waals surface area contributed by atoms with E-state index >= 15 is 0 Å². The summed E-state index contributed by atoms with van der Waals surface area (Å²) in [6, 6.07) is 4.72. The Labute approximate surface area is 155 Å². The molecule has 0 atom stereocenters. The molecule has 0 unspecified atom stereocenters. The van der Waals surface area contributed by atoms with E-state index in [9.17, 15) is 9.50 Å². The van der Waals surface area contributed by atoms with Crippen molar-refractivity contribution in [2.45, 2.75) is 39.5 Å². The number of halogens is 1. The third-order valence-electron chi connectivity index (χ3n) is 4.60. The van der Waals surface area contributed by atoms with Crippen LogP contribution < -0.4 is 10.6 Å². The standard InChI is InChI=1S/C19H31FN4O2/c1-4-21-18(22-12-15-5-6-17(20)16(11-15)13-25)23-14-19(2,3)24-7-9-26-10-8-24/h5-6,11,25H,4,7-10,12-14H2,1-3H3,(H2,21,22,23). The van der Waals surface area contributed by atoms with Crippen LogP contribution in [0.3, 0.4) is 0 Å². The Morgan fingerprint density at radius 2 is 2.04 bits per heavy atom. The number of hydrogen-bond donors (Lipinski definition) is 3. The number of aliphatic hydroxyl groups is 1. The lowest BCUT2D eigenvalue weighted by Gasteiger charge is -2.41. The topological polar surface area (TPSA) is 69.1 Å². The molecule has 1 heterocycles. The van der Waals surface area contributed by atoms with Gasteiger partial charge in [0.05, 0.1) is 26.4 Å². The average Bonchev–Trinajstić information content (AvgIpc) is 2.66. The number of nitrogens with one attached hydrogen (secondary N) is 2. The number of aliphatic imine (C=N–C) groups is 1. The van der Waals surface area contributed by atoms with Crippen LogP contribution in [-0.2, 0) is 17.9 Å². The molecule has 1 aromatic carbocycles. The van der Waals surface area contributed by atoms with Crippen LogP contribution in [0, 0.1) is 5.82 Å². The number of aliphatic hydroxyl groups excluding tert-OH is 1. The zero-order chi connectivity index (χ0) is 19.0. The third-order valence-corrected chi connectivity index (χ3v) is 4.60. The summed E-state index contributed by atoms with van der Waals surface area (Å²) in [7, 11) is 0. The molecule has 1 aliphatic rings. The summed E-state index contributed by atoms with van der Waals surface area (Å²) in [5.74, 6) is 0.334. The minimum Gasteiger partial charge on any atom is -0.392 e. The van der Waals surface area contributed by atoms with Gasteiger partial charge in [0.15, 0.2) is 5.96 Å². The number of rotatable bonds is 7. The van der Waals surface area contributed by atoms with E-state index in [1.807, 2.05) is 6.92 Å². The summed E-state index contributed by atoms with van der Waals surface area (Å²) in [6.45, 7) is 11.5. The van der Waals surface area contributed by atoms with Gasteiger partial charge in [0.2, 0.25) is 0 Å². The molecule has 0 spiro atoms. The number of nitrogens with zero attached hydrogens (tertiary/aromatic N) is 2. The van der Waals surface area contributed by atoms with Crippen LogP contribution in [0.15, 0.2) is 23.2 Å². The smallest absolute Gasteiger partial charge is 0.191 e. The van der Waals surface area contributed by atoms with Crippen LogP contribution in [0.4, 0.5) is 4.39 Å². The van der Waals surface area contributed by atoms with Crippen LogP contribution >= 0.6 is 0 Å². The first-order valence-corrected chi connectivity index (χ1v) is 9.19. The fourth-order valence-electron chi connectivity index (χ4n) is 2.94. The van der Waals surface area contributed by atoms with Crippen molar-refractivity contribution in [3.63, 3.8) is 0 Å². The lowest BCUT2D eigenvalue weighted by atomic mass is 10.0. The van der Waals surface area contributed by atoms with Crippen molar-refractivity contribution in [3.05, 3.63) is 35.1 Å². The van der Waals surface area contributed by atoms with Crippen molar-refractivity contribution in [3.8, 4) is 0 Å². The number of guanidine groups is 1. The molecule has 0 amide bonds. The van der Waals surface area contributed by atoms with Crippen molar-refractivity contribution in [1.29, 1.82) is 0 Å². The first kappa shape index (κ1) is 20.6. The number of ether oxygens (including phenoxy) is 1. The van der Waals surface area contributed by atoms with E-state index < -0.39 is 5.82 Å². The molecule has 0 aromatic heterocycles. The molecule has 6 nitrogen and oxygen atoms in total. The van der Waals surface area contributed by atoms with Gasteiger partial charge in [-0.15, -0.1) is 0 Å². The van der Waals surface area contributed by atoms with E-state index in [-0.39, 0.29) is 12.1 Å². The molecule has 1 aliphatic heterocycles. The highest BCUT2D eigenvalue weighted by Gasteiger charge is 2.28. The zero-order valence-electron chi connectivity index (χ0n) is 16.0.